The van der Waals surface area contributed by atoms with Gasteiger partial charge in [-0.2, -0.15) is 4.98 Å². The van der Waals surface area contributed by atoms with E-state index in [0.717, 1.165) is 43.2 Å². The van der Waals surface area contributed by atoms with Gasteiger partial charge in [-0.1, -0.05) is 18.0 Å². The van der Waals surface area contributed by atoms with Crippen LogP contribution in [0, 0.1) is 11.8 Å². The van der Waals surface area contributed by atoms with Gasteiger partial charge < -0.3 is 14.6 Å². The average Bonchev–Trinajstić information content (AvgIpc) is 2.97. The third-order valence-electron chi connectivity index (χ3n) is 4.61. The van der Waals surface area contributed by atoms with Crippen molar-refractivity contribution >= 4 is 0 Å². The average molecular weight is 249 g/mol. The third-order valence-corrected chi connectivity index (χ3v) is 4.61. The number of hydrogen-bond donors (Lipinski definition) is 1. The zero-order valence-corrected chi connectivity index (χ0v) is 10.5. The van der Waals surface area contributed by atoms with Gasteiger partial charge in [0, 0.05) is 19.0 Å². The molecule has 3 aliphatic rings. The third kappa shape index (κ3) is 1.77. The molecule has 1 aromatic rings. The number of aromatic nitrogens is 2. The van der Waals surface area contributed by atoms with Gasteiger partial charge in [0.1, 0.15) is 6.10 Å². The lowest BCUT2D eigenvalue weighted by atomic mass is 10.0. The molecule has 0 bridgehead atoms. The predicted molar refractivity (Wildman–Crippen MR) is 64.0 cm³/mol. The van der Waals surface area contributed by atoms with E-state index in [1.807, 2.05) is 0 Å². The smallest absolute Gasteiger partial charge is 0.230 e. The van der Waals surface area contributed by atoms with Gasteiger partial charge in [-0.15, -0.1) is 0 Å². The van der Waals surface area contributed by atoms with Crippen LogP contribution in [0.1, 0.15) is 49.4 Å². The molecule has 0 amide bonds. The highest BCUT2D eigenvalue weighted by Gasteiger charge is 2.54. The molecule has 3 atom stereocenters. The Bertz CT molecular complexity index is 416. The van der Waals surface area contributed by atoms with Crippen LogP contribution in [-0.4, -0.2) is 29.8 Å². The van der Waals surface area contributed by atoms with Crippen LogP contribution in [0.3, 0.4) is 0 Å². The van der Waals surface area contributed by atoms with Crippen molar-refractivity contribution in [1.29, 1.82) is 0 Å². The topological polar surface area (TPSA) is 60.2 Å². The number of fused-ring (bicyclic) bond motifs is 1. The monoisotopic (exact) mass is 249 g/mol. The van der Waals surface area contributed by atoms with Crippen LogP contribution in [0.25, 0.3) is 0 Å². The quantitative estimate of drug-likeness (QED) is 0.863. The minimum Gasteiger partial charge on any atom is -0.367 e. The summed E-state index contributed by atoms with van der Waals surface area (Å²) in [5.41, 5.74) is 0. The Morgan fingerprint density at radius 3 is 2.72 bits per heavy atom. The molecule has 2 saturated carbocycles. The Labute approximate surface area is 106 Å². The van der Waals surface area contributed by atoms with Crippen LogP contribution in [0.4, 0.5) is 0 Å². The first-order chi connectivity index (χ1) is 8.93. The second-order valence-electron chi connectivity index (χ2n) is 5.69. The normalized spacial score (nSPS) is 39.3. The molecule has 5 nitrogen and oxygen atoms in total. The maximum Gasteiger partial charge on any atom is 0.230 e. The van der Waals surface area contributed by atoms with Crippen LogP contribution in [0.2, 0.25) is 0 Å². The molecule has 3 unspecified atom stereocenters. The van der Waals surface area contributed by atoms with Crippen LogP contribution >= 0.6 is 0 Å². The number of ether oxygens (including phenoxy) is 1. The lowest BCUT2D eigenvalue weighted by Gasteiger charge is -2.20. The number of morpholine rings is 1. The summed E-state index contributed by atoms with van der Waals surface area (Å²) in [5.74, 6) is 3.76. The number of nitrogens with one attached hydrogen (secondary N) is 1. The van der Waals surface area contributed by atoms with Crippen LogP contribution in [0.15, 0.2) is 4.52 Å². The van der Waals surface area contributed by atoms with E-state index in [2.05, 4.69) is 15.5 Å². The van der Waals surface area contributed by atoms with Gasteiger partial charge in [-0.25, -0.2) is 0 Å². The summed E-state index contributed by atoms with van der Waals surface area (Å²) in [6.45, 7) is 2.42. The summed E-state index contributed by atoms with van der Waals surface area (Å²) in [4.78, 5) is 4.58. The summed E-state index contributed by atoms with van der Waals surface area (Å²) in [6, 6.07) is 0. The molecule has 1 aromatic heterocycles. The molecular weight excluding hydrogens is 230 g/mol. The molecule has 18 heavy (non-hydrogen) atoms. The maximum atomic E-state index is 5.65. The van der Waals surface area contributed by atoms with Gasteiger partial charge in [-0.3, -0.25) is 0 Å². The predicted octanol–water partition coefficient (Wildman–Crippen LogP) is 1.63. The SMILES string of the molecule is C1CCC2C(C1)C2c1nc(C2CNCCO2)no1. The lowest BCUT2D eigenvalue weighted by molar-refractivity contribution is 0.0208. The molecule has 3 fully saturated rings. The lowest BCUT2D eigenvalue weighted by Crippen LogP contribution is -2.33. The van der Waals surface area contributed by atoms with E-state index in [1.54, 1.807) is 0 Å². The van der Waals surface area contributed by atoms with E-state index in [1.165, 1.54) is 25.7 Å². The molecule has 0 spiro atoms. The van der Waals surface area contributed by atoms with Crippen molar-refractivity contribution in [3.63, 3.8) is 0 Å². The summed E-state index contributed by atoms with van der Waals surface area (Å²) in [7, 11) is 0. The van der Waals surface area contributed by atoms with Gasteiger partial charge in [0.25, 0.3) is 0 Å². The van der Waals surface area contributed by atoms with Crippen molar-refractivity contribution in [3.8, 4) is 0 Å². The van der Waals surface area contributed by atoms with Crippen molar-refractivity contribution < 1.29 is 9.26 Å². The summed E-state index contributed by atoms with van der Waals surface area (Å²) in [6.07, 6.45) is 5.39. The fourth-order valence-corrected chi connectivity index (χ4v) is 3.60. The fraction of sp³-hybridized carbons (Fsp3) is 0.846. The van der Waals surface area contributed by atoms with Gasteiger partial charge in [0.2, 0.25) is 11.7 Å². The molecule has 4 rings (SSSR count). The Morgan fingerprint density at radius 1 is 1.17 bits per heavy atom. The molecule has 1 aliphatic heterocycles. The van der Waals surface area contributed by atoms with Gasteiger partial charge >= 0.3 is 0 Å². The highest BCUT2D eigenvalue weighted by atomic mass is 16.5. The first-order valence-corrected chi connectivity index (χ1v) is 7.09. The molecule has 0 radical (unpaired) electrons. The van der Waals surface area contributed by atoms with E-state index < -0.39 is 0 Å². The van der Waals surface area contributed by atoms with E-state index in [9.17, 15) is 0 Å². The maximum absolute atomic E-state index is 5.65. The molecular formula is C13H19N3O2. The molecule has 2 heterocycles. The van der Waals surface area contributed by atoms with E-state index >= 15 is 0 Å². The minimum absolute atomic E-state index is 0.0305. The van der Waals surface area contributed by atoms with Crippen molar-refractivity contribution in [2.45, 2.75) is 37.7 Å². The summed E-state index contributed by atoms with van der Waals surface area (Å²) >= 11 is 0. The highest BCUT2D eigenvalue weighted by molar-refractivity contribution is 5.15. The number of nitrogens with zero attached hydrogens (tertiary/aromatic N) is 2. The Kier molecular flexibility index (Phi) is 2.62. The van der Waals surface area contributed by atoms with Crippen molar-refractivity contribution in [2.75, 3.05) is 19.7 Å². The summed E-state index contributed by atoms with van der Waals surface area (Å²) < 4.78 is 11.1. The molecule has 5 heteroatoms. The van der Waals surface area contributed by atoms with Gasteiger partial charge in [0.05, 0.1) is 6.61 Å². The Hall–Kier alpha value is -0.940. The van der Waals surface area contributed by atoms with Crippen LogP contribution < -0.4 is 5.32 Å². The summed E-state index contributed by atoms with van der Waals surface area (Å²) in [5, 5.41) is 7.40. The molecule has 1 N–H and O–H groups in total. The second kappa shape index (κ2) is 4.31. The minimum atomic E-state index is -0.0305. The first-order valence-electron chi connectivity index (χ1n) is 7.09. The zero-order valence-electron chi connectivity index (χ0n) is 10.5. The highest BCUT2D eigenvalue weighted by Crippen LogP contribution is 2.60. The van der Waals surface area contributed by atoms with Crippen molar-refractivity contribution in [3.05, 3.63) is 11.7 Å². The molecule has 98 valence electrons. The van der Waals surface area contributed by atoms with E-state index in [0.29, 0.717) is 5.92 Å². The zero-order chi connectivity index (χ0) is 11.9. The second-order valence-corrected chi connectivity index (χ2v) is 5.69. The standard InChI is InChI=1S/C13H19N3O2/c1-2-4-9-8(3-1)11(9)13-15-12(16-18-13)10-7-14-5-6-17-10/h8-11,14H,1-7H2. The van der Waals surface area contributed by atoms with Crippen molar-refractivity contribution in [2.24, 2.45) is 11.8 Å². The molecule has 0 aromatic carbocycles. The number of rotatable bonds is 2. The Morgan fingerprint density at radius 2 is 2.00 bits per heavy atom. The number of hydrogen-bond acceptors (Lipinski definition) is 5. The van der Waals surface area contributed by atoms with Gasteiger partial charge in [0.15, 0.2) is 0 Å². The van der Waals surface area contributed by atoms with Crippen LogP contribution in [-0.2, 0) is 4.74 Å². The Balaban J connectivity index is 1.48. The molecule has 2 aliphatic carbocycles. The van der Waals surface area contributed by atoms with E-state index in [4.69, 9.17) is 9.26 Å². The van der Waals surface area contributed by atoms with E-state index in [-0.39, 0.29) is 6.10 Å². The van der Waals surface area contributed by atoms with Crippen LogP contribution in [0.5, 0.6) is 0 Å². The molecule has 1 saturated heterocycles. The first kappa shape index (κ1) is 10.9. The fourth-order valence-electron chi connectivity index (χ4n) is 3.60. The largest absolute Gasteiger partial charge is 0.367 e. The van der Waals surface area contributed by atoms with Crippen molar-refractivity contribution in [1.82, 2.24) is 15.5 Å². The van der Waals surface area contributed by atoms with Gasteiger partial charge in [-0.05, 0) is 24.7 Å².